The maximum Gasteiger partial charge on any atom is 1.00 e. The largest absolute Gasteiger partial charge is 1.00 e. The monoisotopic (exact) mass is 160 g/mol. The molecule has 12 heavy (non-hydrogen) atoms. The third-order valence-corrected chi connectivity index (χ3v) is 2.36. The average Bonchev–Trinajstić information content (AvgIpc) is 2.37. The molecule has 0 aromatic rings. The Labute approximate surface area is 87.4 Å². The molecule has 0 bridgehead atoms. The van der Waals surface area contributed by atoms with E-state index in [1.165, 1.54) is 24.8 Å². The molecule has 0 unspecified atom stereocenters. The summed E-state index contributed by atoms with van der Waals surface area (Å²) in [6.45, 7) is 2.20. The van der Waals surface area contributed by atoms with Crippen molar-refractivity contribution >= 4 is 0 Å². The zero-order valence-electron chi connectivity index (χ0n) is 8.36. The normalized spacial score (nSPS) is 16.4. The molecule has 0 atom stereocenters. The minimum Gasteiger partial charge on any atom is -0.875 e. The van der Waals surface area contributed by atoms with Gasteiger partial charge in [-0.1, -0.05) is 25.3 Å². The van der Waals surface area contributed by atoms with Gasteiger partial charge in [0.15, 0.2) is 0 Å². The zero-order valence-corrected chi connectivity index (χ0v) is 8.36. The van der Waals surface area contributed by atoms with Gasteiger partial charge in [0.25, 0.3) is 0 Å². The number of allylic oxidation sites excluding steroid dienone is 2. The van der Waals surface area contributed by atoms with Gasteiger partial charge in [0.2, 0.25) is 0 Å². The van der Waals surface area contributed by atoms with E-state index < -0.39 is 0 Å². The number of hydrogen-bond acceptors (Lipinski definition) is 1. The molecule has 2 heteroatoms. The minimum atomic E-state index is 0. The second kappa shape index (κ2) is 6.63. The van der Waals surface area contributed by atoms with Gasteiger partial charge in [-0.25, -0.2) is 0 Å². The Morgan fingerprint density at radius 2 is 2.00 bits per heavy atom. The van der Waals surface area contributed by atoms with Crippen LogP contribution in [0.25, 0.3) is 0 Å². The smallest absolute Gasteiger partial charge is 0.875 e. The Morgan fingerprint density at radius 3 is 2.50 bits per heavy atom. The Kier molecular flexibility index (Phi) is 6.71. The van der Waals surface area contributed by atoms with E-state index in [1.54, 1.807) is 0 Å². The van der Waals surface area contributed by atoms with Gasteiger partial charge in [0.05, 0.1) is 0 Å². The second-order valence-corrected chi connectivity index (χ2v) is 3.34. The first-order valence-electron chi connectivity index (χ1n) is 4.72. The van der Waals surface area contributed by atoms with Gasteiger partial charge in [0.1, 0.15) is 0 Å². The molecule has 0 heterocycles. The molecule has 0 aromatic carbocycles. The van der Waals surface area contributed by atoms with Crippen LogP contribution in [0.5, 0.6) is 0 Å². The fourth-order valence-electron chi connectivity index (χ4n) is 1.63. The third-order valence-electron chi connectivity index (χ3n) is 2.36. The minimum absolute atomic E-state index is 0. The van der Waals surface area contributed by atoms with E-state index in [0.29, 0.717) is 5.76 Å². The van der Waals surface area contributed by atoms with Crippen molar-refractivity contribution < 1.29 is 24.0 Å². The molecule has 64 valence electrons. The van der Waals surface area contributed by atoms with Crippen molar-refractivity contribution in [3.05, 3.63) is 11.3 Å². The Morgan fingerprint density at radius 1 is 1.25 bits per heavy atom. The van der Waals surface area contributed by atoms with Gasteiger partial charge >= 0.3 is 18.9 Å². The molecule has 0 spiro atoms. The molecule has 1 aliphatic rings. The number of rotatable bonds is 4. The van der Waals surface area contributed by atoms with Crippen LogP contribution < -0.4 is 24.0 Å². The molecule has 0 saturated carbocycles. The van der Waals surface area contributed by atoms with E-state index in [-0.39, 0.29) is 18.9 Å². The predicted molar refractivity (Wildman–Crippen MR) is 45.0 cm³/mol. The zero-order chi connectivity index (χ0) is 8.10. The van der Waals surface area contributed by atoms with Crippen LogP contribution in [0, 0.1) is 0 Å². The maximum atomic E-state index is 11.1. The SMILES string of the molecule is CCCCCC1=C([O-])CCC1.[Li+]. The summed E-state index contributed by atoms with van der Waals surface area (Å²) < 4.78 is 0. The molecule has 0 fully saturated rings. The van der Waals surface area contributed by atoms with Crippen molar-refractivity contribution in [1.82, 2.24) is 0 Å². The molecule has 0 radical (unpaired) electrons. The van der Waals surface area contributed by atoms with E-state index in [4.69, 9.17) is 0 Å². The van der Waals surface area contributed by atoms with E-state index in [1.807, 2.05) is 0 Å². The summed E-state index contributed by atoms with van der Waals surface area (Å²) in [5.74, 6) is 0.445. The van der Waals surface area contributed by atoms with Gasteiger partial charge in [-0.2, -0.15) is 0 Å². The first-order chi connectivity index (χ1) is 5.34. The summed E-state index contributed by atoms with van der Waals surface area (Å²) >= 11 is 0. The predicted octanol–water partition coefficient (Wildman–Crippen LogP) is -0.631. The van der Waals surface area contributed by atoms with Crippen LogP contribution in [0.4, 0.5) is 0 Å². The molecule has 0 aromatic heterocycles. The first kappa shape index (κ1) is 12.1. The molecule has 1 aliphatic carbocycles. The van der Waals surface area contributed by atoms with Crippen LogP contribution in [0.3, 0.4) is 0 Å². The van der Waals surface area contributed by atoms with Gasteiger partial charge < -0.3 is 5.11 Å². The summed E-state index contributed by atoms with van der Waals surface area (Å²) in [6.07, 6.45) is 7.84. The van der Waals surface area contributed by atoms with Crippen LogP contribution in [0.2, 0.25) is 0 Å². The van der Waals surface area contributed by atoms with E-state index >= 15 is 0 Å². The van der Waals surface area contributed by atoms with Crippen LogP contribution in [0.1, 0.15) is 51.9 Å². The summed E-state index contributed by atoms with van der Waals surface area (Å²) in [7, 11) is 0. The van der Waals surface area contributed by atoms with E-state index in [9.17, 15) is 5.11 Å². The number of hydrogen-bond donors (Lipinski definition) is 0. The Hall–Kier alpha value is 0.137. The second-order valence-electron chi connectivity index (χ2n) is 3.34. The van der Waals surface area contributed by atoms with Crippen molar-refractivity contribution in [2.24, 2.45) is 0 Å². The van der Waals surface area contributed by atoms with Gasteiger partial charge in [-0.3, -0.25) is 0 Å². The van der Waals surface area contributed by atoms with Gasteiger partial charge in [0, 0.05) is 0 Å². The van der Waals surface area contributed by atoms with Gasteiger partial charge in [-0.05, 0) is 32.1 Å². The van der Waals surface area contributed by atoms with Crippen molar-refractivity contribution in [2.75, 3.05) is 0 Å². The quantitative estimate of drug-likeness (QED) is 0.396. The molecule has 1 rings (SSSR count). The van der Waals surface area contributed by atoms with Crippen molar-refractivity contribution in [2.45, 2.75) is 51.9 Å². The molecule has 1 nitrogen and oxygen atoms in total. The van der Waals surface area contributed by atoms with Crippen molar-refractivity contribution in [1.29, 1.82) is 0 Å². The third kappa shape index (κ3) is 3.69. The molecule has 0 amide bonds. The molecule has 0 saturated heterocycles. The molecular weight excluding hydrogens is 143 g/mol. The van der Waals surface area contributed by atoms with Crippen molar-refractivity contribution in [3.63, 3.8) is 0 Å². The fraction of sp³-hybridized carbons (Fsp3) is 0.800. The average molecular weight is 160 g/mol. The van der Waals surface area contributed by atoms with E-state index in [0.717, 1.165) is 25.7 Å². The molecule has 0 aliphatic heterocycles. The summed E-state index contributed by atoms with van der Waals surface area (Å²) in [5, 5.41) is 11.1. The van der Waals surface area contributed by atoms with Crippen LogP contribution >= 0.6 is 0 Å². The van der Waals surface area contributed by atoms with E-state index in [2.05, 4.69) is 6.92 Å². The topological polar surface area (TPSA) is 23.1 Å². The maximum absolute atomic E-state index is 11.1. The number of unbranched alkanes of at least 4 members (excludes halogenated alkanes) is 2. The molecular formula is C10H17LiO. The standard InChI is InChI=1S/C10H18O.Li/c1-2-3-4-6-9-7-5-8-10(9)11;/h11H,2-8H2,1H3;/q;+1/p-1. The van der Waals surface area contributed by atoms with Crippen LogP contribution in [-0.2, 0) is 0 Å². The Bertz CT molecular complexity index is 152. The Balaban J connectivity index is 0.00000121. The summed E-state index contributed by atoms with van der Waals surface area (Å²) in [4.78, 5) is 0. The molecule has 0 N–H and O–H groups in total. The first-order valence-corrected chi connectivity index (χ1v) is 4.72. The summed E-state index contributed by atoms with van der Waals surface area (Å²) in [5.41, 5.74) is 1.22. The van der Waals surface area contributed by atoms with Gasteiger partial charge in [-0.15, -0.1) is 5.76 Å². The van der Waals surface area contributed by atoms with Crippen LogP contribution in [0.15, 0.2) is 11.3 Å². The van der Waals surface area contributed by atoms with Crippen molar-refractivity contribution in [3.8, 4) is 0 Å². The van der Waals surface area contributed by atoms with Crippen LogP contribution in [-0.4, -0.2) is 0 Å². The summed E-state index contributed by atoms with van der Waals surface area (Å²) in [6, 6.07) is 0. The fourth-order valence-corrected chi connectivity index (χ4v) is 1.63.